The van der Waals surface area contributed by atoms with Crippen LogP contribution >= 0.6 is 0 Å². The Hall–Kier alpha value is -3.15. The van der Waals surface area contributed by atoms with Crippen LogP contribution in [0.4, 0.5) is 0 Å². The fourth-order valence-corrected chi connectivity index (χ4v) is 6.51. The maximum absolute atomic E-state index is 13.1. The Bertz CT molecular complexity index is 1240. The lowest BCUT2D eigenvalue weighted by molar-refractivity contribution is -0.134. The number of hydrogen-bond donors (Lipinski definition) is 1. The van der Waals surface area contributed by atoms with Gasteiger partial charge in [0.1, 0.15) is 5.75 Å². The van der Waals surface area contributed by atoms with Gasteiger partial charge in [0.25, 0.3) is 0 Å². The van der Waals surface area contributed by atoms with Crippen molar-refractivity contribution >= 4 is 5.91 Å². The minimum absolute atomic E-state index is 0.287. The number of fused-ring (bicyclic) bond motifs is 1. The van der Waals surface area contributed by atoms with E-state index in [0.717, 1.165) is 62.9 Å². The van der Waals surface area contributed by atoms with E-state index in [2.05, 4.69) is 57.2 Å². The lowest BCUT2D eigenvalue weighted by atomic mass is 9.93. The molecule has 38 heavy (non-hydrogen) atoms. The van der Waals surface area contributed by atoms with Gasteiger partial charge in [-0.25, -0.2) is 0 Å². The molecule has 1 aliphatic carbocycles. The SMILES string of the molecule is O=C(CN1CCc2cc(-c3ccc(-c4ccc(O)cc4)cc3)ccc2C1)N1CCN(C2CCCCC2)CC1. The van der Waals surface area contributed by atoms with E-state index in [4.69, 9.17) is 0 Å². The van der Waals surface area contributed by atoms with Crippen molar-refractivity contribution in [1.82, 2.24) is 14.7 Å². The second-order valence-electron chi connectivity index (χ2n) is 11.3. The monoisotopic (exact) mass is 509 g/mol. The molecule has 2 fully saturated rings. The van der Waals surface area contributed by atoms with Gasteiger partial charge in [0.05, 0.1) is 6.54 Å². The van der Waals surface area contributed by atoms with Crippen molar-refractivity contribution in [1.29, 1.82) is 0 Å². The van der Waals surface area contributed by atoms with Gasteiger partial charge in [-0.2, -0.15) is 0 Å². The highest BCUT2D eigenvalue weighted by Crippen LogP contribution is 2.29. The quantitative estimate of drug-likeness (QED) is 0.489. The fraction of sp³-hybridized carbons (Fsp3) is 0.424. The average molecular weight is 510 g/mol. The predicted molar refractivity (Wildman–Crippen MR) is 153 cm³/mol. The Morgan fingerprint density at radius 1 is 0.711 bits per heavy atom. The second-order valence-corrected chi connectivity index (χ2v) is 11.3. The molecule has 3 aromatic rings. The third-order valence-corrected chi connectivity index (χ3v) is 8.83. The Kier molecular flexibility index (Phi) is 7.48. The summed E-state index contributed by atoms with van der Waals surface area (Å²) in [5.74, 6) is 0.581. The third-order valence-electron chi connectivity index (χ3n) is 8.83. The van der Waals surface area contributed by atoms with E-state index < -0.39 is 0 Å². The molecule has 1 amide bonds. The van der Waals surface area contributed by atoms with E-state index in [1.807, 2.05) is 12.1 Å². The van der Waals surface area contributed by atoms with Crippen LogP contribution in [0.3, 0.4) is 0 Å². The van der Waals surface area contributed by atoms with Gasteiger partial charge < -0.3 is 10.0 Å². The van der Waals surface area contributed by atoms with Gasteiger partial charge in [0, 0.05) is 45.3 Å². The van der Waals surface area contributed by atoms with Gasteiger partial charge >= 0.3 is 0 Å². The number of amides is 1. The minimum atomic E-state index is 0.287. The number of phenols is 1. The lowest BCUT2D eigenvalue weighted by Gasteiger charge is -2.41. The van der Waals surface area contributed by atoms with Crippen LogP contribution in [0, 0.1) is 0 Å². The van der Waals surface area contributed by atoms with Crippen LogP contribution in [0.2, 0.25) is 0 Å². The Labute approximate surface area is 226 Å². The molecule has 6 rings (SSSR count). The molecule has 5 heteroatoms. The normalized spacial score (nSPS) is 19.3. The molecule has 0 bridgehead atoms. The molecule has 1 N–H and O–H groups in total. The summed E-state index contributed by atoms with van der Waals surface area (Å²) >= 11 is 0. The maximum atomic E-state index is 13.1. The zero-order valence-electron chi connectivity index (χ0n) is 22.3. The first-order valence-electron chi connectivity index (χ1n) is 14.4. The first-order chi connectivity index (χ1) is 18.6. The molecule has 0 unspecified atom stereocenters. The van der Waals surface area contributed by atoms with Crippen LogP contribution in [0.15, 0.2) is 66.7 Å². The van der Waals surface area contributed by atoms with Crippen LogP contribution in [-0.2, 0) is 17.8 Å². The van der Waals surface area contributed by atoms with Gasteiger partial charge in [-0.05, 0) is 64.8 Å². The van der Waals surface area contributed by atoms with Gasteiger partial charge in [-0.1, -0.05) is 73.9 Å². The van der Waals surface area contributed by atoms with Crippen LogP contribution < -0.4 is 0 Å². The summed E-state index contributed by atoms with van der Waals surface area (Å²) in [4.78, 5) is 20.2. The maximum Gasteiger partial charge on any atom is 0.236 e. The molecule has 2 aliphatic heterocycles. The number of phenolic OH excluding ortho intramolecular Hbond substituents is 1. The van der Waals surface area contributed by atoms with Crippen LogP contribution in [0.25, 0.3) is 22.3 Å². The summed E-state index contributed by atoms with van der Waals surface area (Å²) in [6.07, 6.45) is 7.80. The van der Waals surface area contributed by atoms with E-state index >= 15 is 0 Å². The minimum Gasteiger partial charge on any atom is -0.508 e. The number of hydrogen-bond acceptors (Lipinski definition) is 4. The first kappa shape index (κ1) is 25.1. The van der Waals surface area contributed by atoms with Crippen molar-refractivity contribution in [3.8, 4) is 28.0 Å². The lowest BCUT2D eigenvalue weighted by Crippen LogP contribution is -2.54. The van der Waals surface area contributed by atoms with Crippen molar-refractivity contribution in [2.24, 2.45) is 0 Å². The number of benzene rings is 3. The number of nitrogens with zero attached hydrogens (tertiary/aromatic N) is 3. The molecule has 0 spiro atoms. The number of rotatable bonds is 5. The van der Waals surface area contributed by atoms with E-state index in [1.54, 1.807) is 12.1 Å². The third kappa shape index (κ3) is 5.64. The number of carbonyl (C=O) groups excluding carboxylic acids is 1. The van der Waals surface area contributed by atoms with Crippen molar-refractivity contribution in [3.63, 3.8) is 0 Å². The Balaban J connectivity index is 1.03. The van der Waals surface area contributed by atoms with Crippen molar-refractivity contribution in [3.05, 3.63) is 77.9 Å². The molecule has 3 aromatic carbocycles. The largest absolute Gasteiger partial charge is 0.508 e. The topological polar surface area (TPSA) is 47.0 Å². The van der Waals surface area contributed by atoms with Crippen molar-refractivity contribution < 1.29 is 9.90 Å². The van der Waals surface area contributed by atoms with Crippen LogP contribution in [0.1, 0.15) is 43.2 Å². The molecular weight excluding hydrogens is 470 g/mol. The zero-order chi connectivity index (χ0) is 25.9. The summed E-state index contributed by atoms with van der Waals surface area (Å²) in [5.41, 5.74) is 7.43. The zero-order valence-corrected chi connectivity index (χ0v) is 22.3. The fourth-order valence-electron chi connectivity index (χ4n) is 6.51. The molecule has 2 heterocycles. The van der Waals surface area contributed by atoms with Gasteiger partial charge in [-0.3, -0.25) is 14.6 Å². The highest BCUT2D eigenvalue weighted by molar-refractivity contribution is 5.78. The molecule has 3 aliphatic rings. The first-order valence-corrected chi connectivity index (χ1v) is 14.4. The summed E-state index contributed by atoms with van der Waals surface area (Å²) in [6, 6.07) is 23.5. The Morgan fingerprint density at radius 3 is 2.00 bits per heavy atom. The molecule has 0 aromatic heterocycles. The number of aromatic hydroxyl groups is 1. The summed E-state index contributed by atoms with van der Waals surface area (Å²) in [6.45, 7) is 6.16. The molecule has 5 nitrogen and oxygen atoms in total. The molecule has 1 saturated carbocycles. The van der Waals surface area contributed by atoms with E-state index in [-0.39, 0.29) is 5.75 Å². The van der Waals surface area contributed by atoms with E-state index in [0.29, 0.717) is 12.5 Å². The molecule has 0 atom stereocenters. The van der Waals surface area contributed by atoms with Crippen molar-refractivity contribution in [2.75, 3.05) is 39.3 Å². The molecular formula is C33H39N3O2. The number of piperazine rings is 1. The van der Waals surface area contributed by atoms with E-state index in [9.17, 15) is 9.90 Å². The highest BCUT2D eigenvalue weighted by Gasteiger charge is 2.28. The average Bonchev–Trinajstić information content (AvgIpc) is 2.98. The highest BCUT2D eigenvalue weighted by atomic mass is 16.3. The number of carbonyl (C=O) groups is 1. The smallest absolute Gasteiger partial charge is 0.236 e. The molecule has 198 valence electrons. The van der Waals surface area contributed by atoms with Gasteiger partial charge in [0.2, 0.25) is 5.91 Å². The van der Waals surface area contributed by atoms with E-state index in [1.165, 1.54) is 54.4 Å². The summed E-state index contributed by atoms with van der Waals surface area (Å²) in [5, 5.41) is 9.54. The Morgan fingerprint density at radius 2 is 1.32 bits per heavy atom. The van der Waals surface area contributed by atoms with Gasteiger partial charge in [0.15, 0.2) is 0 Å². The molecule has 0 radical (unpaired) electrons. The molecule has 1 saturated heterocycles. The van der Waals surface area contributed by atoms with Crippen LogP contribution in [-0.4, -0.2) is 71.0 Å². The second kappa shape index (κ2) is 11.3. The summed E-state index contributed by atoms with van der Waals surface area (Å²) < 4.78 is 0. The van der Waals surface area contributed by atoms with Crippen molar-refractivity contribution in [2.45, 2.75) is 51.1 Å². The predicted octanol–water partition coefficient (Wildman–Crippen LogP) is 5.56. The van der Waals surface area contributed by atoms with Gasteiger partial charge in [-0.15, -0.1) is 0 Å². The standard InChI is InChI=1S/C33H39N3O2/c37-32-14-12-26(13-15-32)25-6-8-27(9-7-25)28-10-11-30-23-34(17-16-29(30)22-28)24-33(38)36-20-18-35(19-21-36)31-4-2-1-3-5-31/h6-15,22,31,37H,1-5,16-21,23-24H2. The summed E-state index contributed by atoms with van der Waals surface area (Å²) in [7, 11) is 0. The van der Waals surface area contributed by atoms with Crippen LogP contribution in [0.5, 0.6) is 5.75 Å².